The van der Waals surface area contributed by atoms with Gasteiger partial charge in [0.15, 0.2) is 0 Å². The van der Waals surface area contributed by atoms with Crippen LogP contribution in [0, 0.1) is 0 Å². The lowest BCUT2D eigenvalue weighted by molar-refractivity contribution is 0.133. The maximum Gasteiger partial charge on any atom is 0.263 e. The predicted octanol–water partition coefficient (Wildman–Crippen LogP) is 2.34. The Morgan fingerprint density at radius 1 is 1.42 bits per heavy atom. The zero-order chi connectivity index (χ0) is 13.8. The molecule has 0 saturated carbocycles. The zero-order valence-electron chi connectivity index (χ0n) is 11.1. The fourth-order valence-electron chi connectivity index (χ4n) is 2.54. The van der Waals surface area contributed by atoms with E-state index < -0.39 is 6.43 Å². The van der Waals surface area contributed by atoms with Gasteiger partial charge in [0.25, 0.3) is 6.43 Å². The molecule has 0 spiro atoms. The minimum atomic E-state index is -2.45. The van der Waals surface area contributed by atoms with Crippen molar-refractivity contribution in [3.63, 3.8) is 0 Å². The molecular formula is C14H20F2N2O. The molecular weight excluding hydrogens is 250 g/mol. The highest BCUT2D eigenvalue weighted by Gasteiger charge is 2.26. The number of likely N-dealkylation sites (N-methyl/N-ethyl adjacent to an activating group) is 1. The number of hydrogen-bond acceptors (Lipinski definition) is 3. The normalized spacial score (nSPS) is 21.3. The molecule has 19 heavy (non-hydrogen) atoms. The summed E-state index contributed by atoms with van der Waals surface area (Å²) < 4.78 is 30.9. The van der Waals surface area contributed by atoms with Crippen LogP contribution in [0.3, 0.4) is 0 Å². The van der Waals surface area contributed by atoms with Gasteiger partial charge in [-0.25, -0.2) is 8.78 Å². The Labute approximate surface area is 112 Å². The Morgan fingerprint density at radius 3 is 2.74 bits per heavy atom. The molecule has 3 nitrogen and oxygen atoms in total. The quantitative estimate of drug-likeness (QED) is 0.892. The largest absolute Gasteiger partial charge is 0.380 e. The van der Waals surface area contributed by atoms with Gasteiger partial charge in [0.05, 0.1) is 6.61 Å². The summed E-state index contributed by atoms with van der Waals surface area (Å²) in [6, 6.07) is 6.78. The maximum atomic E-state index is 12.8. The third-order valence-electron chi connectivity index (χ3n) is 3.74. The van der Waals surface area contributed by atoms with E-state index in [0.717, 1.165) is 18.6 Å². The second-order valence-corrected chi connectivity index (χ2v) is 4.91. The summed E-state index contributed by atoms with van der Waals surface area (Å²) in [7, 11) is 1.98. The van der Waals surface area contributed by atoms with Crippen LogP contribution >= 0.6 is 0 Å². The van der Waals surface area contributed by atoms with Crippen molar-refractivity contribution in [1.82, 2.24) is 4.90 Å². The van der Waals surface area contributed by atoms with Crippen molar-refractivity contribution in [2.75, 3.05) is 26.8 Å². The third kappa shape index (κ3) is 3.29. The average molecular weight is 270 g/mol. The molecule has 2 atom stereocenters. The highest BCUT2D eigenvalue weighted by atomic mass is 19.3. The van der Waals surface area contributed by atoms with Crippen molar-refractivity contribution in [2.24, 2.45) is 5.73 Å². The van der Waals surface area contributed by atoms with Gasteiger partial charge in [-0.15, -0.1) is 0 Å². The molecule has 0 aliphatic carbocycles. The van der Waals surface area contributed by atoms with Gasteiger partial charge in [0.2, 0.25) is 0 Å². The van der Waals surface area contributed by atoms with Crippen LogP contribution in [0.15, 0.2) is 24.3 Å². The third-order valence-corrected chi connectivity index (χ3v) is 3.74. The van der Waals surface area contributed by atoms with Crippen LogP contribution in [0.4, 0.5) is 8.78 Å². The predicted molar refractivity (Wildman–Crippen MR) is 70.2 cm³/mol. The molecule has 0 amide bonds. The van der Waals surface area contributed by atoms with E-state index in [1.165, 1.54) is 6.07 Å². The van der Waals surface area contributed by atoms with Gasteiger partial charge in [-0.3, -0.25) is 4.90 Å². The maximum absolute atomic E-state index is 12.8. The summed E-state index contributed by atoms with van der Waals surface area (Å²) >= 11 is 0. The van der Waals surface area contributed by atoms with E-state index in [4.69, 9.17) is 10.5 Å². The number of ether oxygens (including phenoxy) is 1. The molecule has 0 radical (unpaired) electrons. The van der Waals surface area contributed by atoms with Crippen molar-refractivity contribution < 1.29 is 13.5 Å². The number of benzene rings is 1. The summed E-state index contributed by atoms with van der Waals surface area (Å²) in [5, 5.41) is 0. The van der Waals surface area contributed by atoms with E-state index in [2.05, 4.69) is 4.90 Å². The molecule has 1 fully saturated rings. The molecule has 1 aliphatic heterocycles. The number of rotatable bonds is 5. The zero-order valence-corrected chi connectivity index (χ0v) is 11.1. The standard InChI is InChI=1S/C14H20F2N2O/c1-18(12-5-6-19-9-12)13(8-17)10-3-2-4-11(7-10)14(15)16/h2-4,7,12-14H,5-6,8-9,17H2,1H3. The number of alkyl halides is 2. The van der Waals surface area contributed by atoms with Crippen molar-refractivity contribution >= 4 is 0 Å². The van der Waals surface area contributed by atoms with Crippen LogP contribution in [-0.4, -0.2) is 37.7 Å². The van der Waals surface area contributed by atoms with Gasteiger partial charge in [-0.2, -0.15) is 0 Å². The summed E-state index contributed by atoms with van der Waals surface area (Å²) in [5.74, 6) is 0. The molecule has 2 unspecified atom stereocenters. The second-order valence-electron chi connectivity index (χ2n) is 4.91. The summed E-state index contributed by atoms with van der Waals surface area (Å²) in [6.07, 6.45) is -1.49. The SMILES string of the molecule is CN(C1CCOC1)C(CN)c1cccc(C(F)F)c1. The average Bonchev–Trinajstić information content (AvgIpc) is 2.93. The van der Waals surface area contributed by atoms with Crippen molar-refractivity contribution in [3.05, 3.63) is 35.4 Å². The van der Waals surface area contributed by atoms with Gasteiger partial charge in [-0.1, -0.05) is 18.2 Å². The molecule has 2 N–H and O–H groups in total. The molecule has 1 aliphatic rings. The Hall–Kier alpha value is -1.04. The van der Waals surface area contributed by atoms with Crippen LogP contribution in [-0.2, 0) is 4.74 Å². The summed E-state index contributed by atoms with van der Waals surface area (Å²) in [6.45, 7) is 1.84. The Kier molecular flexibility index (Phi) is 4.85. The topological polar surface area (TPSA) is 38.5 Å². The van der Waals surface area contributed by atoms with E-state index in [1.54, 1.807) is 12.1 Å². The monoisotopic (exact) mass is 270 g/mol. The van der Waals surface area contributed by atoms with E-state index in [9.17, 15) is 8.78 Å². The highest BCUT2D eigenvalue weighted by molar-refractivity contribution is 5.27. The number of nitrogens with two attached hydrogens (primary N) is 1. The first-order chi connectivity index (χ1) is 9.13. The molecule has 0 bridgehead atoms. The lowest BCUT2D eigenvalue weighted by atomic mass is 10.0. The van der Waals surface area contributed by atoms with Crippen LogP contribution in [0.5, 0.6) is 0 Å². The minimum absolute atomic E-state index is 0.0482. The van der Waals surface area contributed by atoms with Crippen molar-refractivity contribution in [1.29, 1.82) is 0 Å². The molecule has 2 rings (SSSR count). The van der Waals surface area contributed by atoms with Gasteiger partial charge >= 0.3 is 0 Å². The second kappa shape index (κ2) is 6.41. The van der Waals surface area contributed by atoms with Crippen LogP contribution < -0.4 is 5.73 Å². The molecule has 1 saturated heterocycles. The molecule has 1 aromatic carbocycles. The van der Waals surface area contributed by atoms with E-state index >= 15 is 0 Å². The van der Waals surface area contributed by atoms with Crippen LogP contribution in [0.25, 0.3) is 0 Å². The fourth-order valence-corrected chi connectivity index (χ4v) is 2.54. The van der Waals surface area contributed by atoms with Gasteiger partial charge in [0, 0.05) is 30.8 Å². The number of nitrogens with zero attached hydrogens (tertiary/aromatic N) is 1. The lowest BCUT2D eigenvalue weighted by Gasteiger charge is -2.32. The molecule has 106 valence electrons. The lowest BCUT2D eigenvalue weighted by Crippen LogP contribution is -2.39. The van der Waals surface area contributed by atoms with Crippen LogP contribution in [0.1, 0.15) is 30.0 Å². The first kappa shape index (κ1) is 14.4. The van der Waals surface area contributed by atoms with Crippen LogP contribution in [0.2, 0.25) is 0 Å². The van der Waals surface area contributed by atoms with Gasteiger partial charge in [0.1, 0.15) is 0 Å². The first-order valence-electron chi connectivity index (χ1n) is 6.51. The van der Waals surface area contributed by atoms with E-state index in [-0.39, 0.29) is 11.6 Å². The highest BCUT2D eigenvalue weighted by Crippen LogP contribution is 2.27. The number of halogens is 2. The van der Waals surface area contributed by atoms with E-state index in [0.29, 0.717) is 19.2 Å². The molecule has 5 heteroatoms. The molecule has 1 heterocycles. The fraction of sp³-hybridized carbons (Fsp3) is 0.571. The van der Waals surface area contributed by atoms with Crippen molar-refractivity contribution in [3.8, 4) is 0 Å². The summed E-state index contributed by atoms with van der Waals surface area (Å²) in [5.41, 5.74) is 6.72. The number of hydrogen-bond donors (Lipinski definition) is 1. The van der Waals surface area contributed by atoms with E-state index in [1.807, 2.05) is 13.1 Å². The summed E-state index contributed by atoms with van der Waals surface area (Å²) in [4.78, 5) is 2.14. The molecule has 0 aromatic heterocycles. The minimum Gasteiger partial charge on any atom is -0.380 e. The first-order valence-corrected chi connectivity index (χ1v) is 6.51. The van der Waals surface area contributed by atoms with Gasteiger partial charge < -0.3 is 10.5 Å². The Morgan fingerprint density at radius 2 is 2.16 bits per heavy atom. The Balaban J connectivity index is 2.18. The van der Waals surface area contributed by atoms with Gasteiger partial charge in [-0.05, 0) is 25.1 Å². The van der Waals surface area contributed by atoms with Crippen molar-refractivity contribution in [2.45, 2.75) is 24.9 Å². The Bertz CT molecular complexity index is 408. The smallest absolute Gasteiger partial charge is 0.263 e. The molecule has 1 aromatic rings.